The Balaban J connectivity index is 1.54. The molecule has 0 unspecified atom stereocenters. The monoisotopic (exact) mass is 425 g/mol. The minimum atomic E-state index is -0.00612. The molecule has 1 atom stereocenters. The fourth-order valence-corrected chi connectivity index (χ4v) is 4.30. The van der Waals surface area contributed by atoms with E-state index in [-0.39, 0.29) is 11.8 Å². The lowest BCUT2D eigenvalue weighted by Gasteiger charge is -2.33. The van der Waals surface area contributed by atoms with E-state index in [1.54, 1.807) is 6.20 Å². The fourth-order valence-electron chi connectivity index (χ4n) is 4.07. The van der Waals surface area contributed by atoms with E-state index in [0.29, 0.717) is 11.6 Å². The Hall–Kier alpha value is -2.60. The number of aromatic nitrogens is 3. The second-order valence-electron chi connectivity index (χ2n) is 7.87. The first-order chi connectivity index (χ1) is 14.7. The van der Waals surface area contributed by atoms with Crippen molar-refractivity contribution < 1.29 is 4.79 Å². The van der Waals surface area contributed by atoms with E-state index in [0.717, 1.165) is 67.8 Å². The van der Waals surface area contributed by atoms with E-state index in [2.05, 4.69) is 22.1 Å². The van der Waals surface area contributed by atoms with Gasteiger partial charge in [-0.3, -0.25) is 4.79 Å². The van der Waals surface area contributed by atoms with E-state index in [9.17, 15) is 4.79 Å². The van der Waals surface area contributed by atoms with Crippen LogP contribution in [0.4, 0.5) is 5.82 Å². The Morgan fingerprint density at radius 3 is 3.00 bits per heavy atom. The van der Waals surface area contributed by atoms with Crippen LogP contribution in [0.25, 0.3) is 16.8 Å². The SMILES string of the molecule is CCCCCNC(=O)[C@@H]1CCCN(c2nccn3nc(-c4ccccc4Cl)cc23)C1. The maximum atomic E-state index is 12.6. The molecule has 3 heterocycles. The third kappa shape index (κ3) is 4.43. The van der Waals surface area contributed by atoms with Crippen molar-refractivity contribution >= 4 is 28.8 Å². The zero-order valence-electron chi connectivity index (χ0n) is 17.4. The van der Waals surface area contributed by atoms with Gasteiger partial charge in [0.15, 0.2) is 5.82 Å². The predicted octanol–water partition coefficient (Wildman–Crippen LogP) is 4.57. The van der Waals surface area contributed by atoms with E-state index >= 15 is 0 Å². The molecule has 0 spiro atoms. The summed E-state index contributed by atoms with van der Waals surface area (Å²) in [5.41, 5.74) is 2.64. The quantitative estimate of drug-likeness (QED) is 0.563. The Bertz CT molecular complexity index is 1020. The van der Waals surface area contributed by atoms with Crippen LogP contribution in [0.5, 0.6) is 0 Å². The van der Waals surface area contributed by atoms with Crippen molar-refractivity contribution in [3.05, 3.63) is 47.7 Å². The van der Waals surface area contributed by atoms with Gasteiger partial charge in [-0.15, -0.1) is 0 Å². The lowest BCUT2D eigenvalue weighted by Crippen LogP contribution is -2.43. The minimum Gasteiger partial charge on any atom is -0.356 e. The molecule has 7 heteroatoms. The molecular formula is C23H28ClN5O. The summed E-state index contributed by atoms with van der Waals surface area (Å²) >= 11 is 6.37. The van der Waals surface area contributed by atoms with Crippen molar-refractivity contribution in [1.82, 2.24) is 19.9 Å². The van der Waals surface area contributed by atoms with E-state index in [4.69, 9.17) is 16.7 Å². The number of halogens is 1. The Labute approximate surface area is 182 Å². The number of benzene rings is 1. The number of nitrogens with zero attached hydrogens (tertiary/aromatic N) is 4. The first-order valence-electron chi connectivity index (χ1n) is 10.8. The van der Waals surface area contributed by atoms with Gasteiger partial charge >= 0.3 is 0 Å². The summed E-state index contributed by atoms with van der Waals surface area (Å²) in [6.45, 7) is 4.50. The summed E-state index contributed by atoms with van der Waals surface area (Å²) in [6, 6.07) is 9.73. The van der Waals surface area contributed by atoms with Gasteiger partial charge in [-0.05, 0) is 31.4 Å². The molecule has 0 saturated carbocycles. The molecule has 1 saturated heterocycles. The van der Waals surface area contributed by atoms with Crippen LogP contribution in [0.3, 0.4) is 0 Å². The number of fused-ring (bicyclic) bond motifs is 1. The number of carbonyl (C=O) groups is 1. The lowest BCUT2D eigenvalue weighted by molar-refractivity contribution is -0.125. The van der Waals surface area contributed by atoms with Crippen molar-refractivity contribution in [3.63, 3.8) is 0 Å². The second kappa shape index (κ2) is 9.47. The molecule has 1 aliphatic rings. The molecule has 3 aromatic rings. The number of hydrogen-bond acceptors (Lipinski definition) is 4. The highest BCUT2D eigenvalue weighted by molar-refractivity contribution is 6.33. The summed E-state index contributed by atoms with van der Waals surface area (Å²) in [7, 11) is 0. The number of piperidine rings is 1. The summed E-state index contributed by atoms with van der Waals surface area (Å²) in [4.78, 5) is 19.5. The number of amides is 1. The molecule has 1 fully saturated rings. The minimum absolute atomic E-state index is 0.00612. The van der Waals surface area contributed by atoms with Gasteiger partial charge in [0.1, 0.15) is 5.52 Å². The Morgan fingerprint density at radius 1 is 1.30 bits per heavy atom. The number of carbonyl (C=O) groups excluding carboxylic acids is 1. The van der Waals surface area contributed by atoms with Crippen LogP contribution in [-0.2, 0) is 4.79 Å². The highest BCUT2D eigenvalue weighted by Gasteiger charge is 2.27. The summed E-state index contributed by atoms with van der Waals surface area (Å²) in [6.07, 6.45) is 8.86. The van der Waals surface area contributed by atoms with Crippen LogP contribution in [0.2, 0.25) is 5.02 Å². The molecular weight excluding hydrogens is 398 g/mol. The molecule has 1 aromatic carbocycles. The molecule has 0 radical (unpaired) electrons. The molecule has 4 rings (SSSR count). The highest BCUT2D eigenvalue weighted by Crippen LogP contribution is 2.31. The standard InChI is InChI=1S/C23H28ClN5O/c1-2-3-6-11-26-23(30)17-8-7-13-28(16-17)22-21-15-20(27-29(21)14-12-25-22)18-9-4-5-10-19(18)24/h4-5,9-10,12,14-15,17H,2-3,6-8,11,13,16H2,1H3,(H,26,30)/t17-/m1/s1. The maximum absolute atomic E-state index is 12.6. The fraction of sp³-hybridized carbons (Fsp3) is 0.435. The van der Waals surface area contributed by atoms with E-state index in [1.807, 2.05) is 41.0 Å². The third-order valence-electron chi connectivity index (χ3n) is 5.69. The average molecular weight is 426 g/mol. The van der Waals surface area contributed by atoms with Crippen molar-refractivity contribution in [2.45, 2.75) is 39.0 Å². The van der Waals surface area contributed by atoms with Crippen molar-refractivity contribution in [2.24, 2.45) is 5.92 Å². The Kier molecular flexibility index (Phi) is 6.53. The summed E-state index contributed by atoms with van der Waals surface area (Å²) in [5, 5.41) is 8.48. The molecule has 6 nitrogen and oxygen atoms in total. The lowest BCUT2D eigenvalue weighted by atomic mass is 9.97. The molecule has 1 N–H and O–H groups in total. The average Bonchev–Trinajstić information content (AvgIpc) is 3.21. The van der Waals surface area contributed by atoms with Crippen LogP contribution in [-0.4, -0.2) is 40.1 Å². The van der Waals surface area contributed by atoms with Crippen LogP contribution in [0.1, 0.15) is 39.0 Å². The van der Waals surface area contributed by atoms with Gasteiger partial charge in [-0.1, -0.05) is 49.6 Å². The smallest absolute Gasteiger partial charge is 0.224 e. The highest BCUT2D eigenvalue weighted by atomic mass is 35.5. The van der Waals surface area contributed by atoms with E-state index < -0.39 is 0 Å². The zero-order valence-corrected chi connectivity index (χ0v) is 18.1. The van der Waals surface area contributed by atoms with Crippen LogP contribution in [0, 0.1) is 5.92 Å². The molecule has 1 amide bonds. The van der Waals surface area contributed by atoms with Gasteiger partial charge in [0.25, 0.3) is 0 Å². The number of anilines is 1. The van der Waals surface area contributed by atoms with Crippen molar-refractivity contribution in [1.29, 1.82) is 0 Å². The topological polar surface area (TPSA) is 62.5 Å². The Morgan fingerprint density at radius 2 is 2.17 bits per heavy atom. The van der Waals surface area contributed by atoms with Crippen LogP contribution < -0.4 is 10.2 Å². The number of rotatable bonds is 7. The van der Waals surface area contributed by atoms with Crippen LogP contribution >= 0.6 is 11.6 Å². The number of nitrogens with one attached hydrogen (secondary N) is 1. The normalized spacial score (nSPS) is 16.7. The van der Waals surface area contributed by atoms with Gasteiger partial charge in [0, 0.05) is 37.6 Å². The van der Waals surface area contributed by atoms with Gasteiger partial charge in [-0.25, -0.2) is 9.50 Å². The first-order valence-corrected chi connectivity index (χ1v) is 11.2. The number of hydrogen-bond donors (Lipinski definition) is 1. The third-order valence-corrected chi connectivity index (χ3v) is 6.02. The van der Waals surface area contributed by atoms with Crippen molar-refractivity contribution in [2.75, 3.05) is 24.5 Å². The molecule has 1 aliphatic heterocycles. The summed E-state index contributed by atoms with van der Waals surface area (Å²) < 4.78 is 1.84. The number of unbranched alkanes of at least 4 members (excludes halogenated alkanes) is 2. The molecule has 0 aliphatic carbocycles. The molecule has 2 aromatic heterocycles. The molecule has 158 valence electrons. The molecule has 30 heavy (non-hydrogen) atoms. The van der Waals surface area contributed by atoms with Gasteiger partial charge in [0.2, 0.25) is 5.91 Å². The summed E-state index contributed by atoms with van der Waals surface area (Å²) in [5.74, 6) is 1.02. The molecule has 0 bridgehead atoms. The van der Waals surface area contributed by atoms with Gasteiger partial charge < -0.3 is 10.2 Å². The van der Waals surface area contributed by atoms with Crippen molar-refractivity contribution in [3.8, 4) is 11.3 Å². The van der Waals surface area contributed by atoms with E-state index in [1.165, 1.54) is 0 Å². The second-order valence-corrected chi connectivity index (χ2v) is 8.28. The first kappa shape index (κ1) is 20.7. The largest absolute Gasteiger partial charge is 0.356 e. The zero-order chi connectivity index (χ0) is 20.9. The predicted molar refractivity (Wildman–Crippen MR) is 121 cm³/mol. The van der Waals surface area contributed by atoms with Crippen LogP contribution in [0.15, 0.2) is 42.7 Å². The van der Waals surface area contributed by atoms with Gasteiger partial charge in [-0.2, -0.15) is 5.10 Å². The maximum Gasteiger partial charge on any atom is 0.224 e. The van der Waals surface area contributed by atoms with Gasteiger partial charge in [0.05, 0.1) is 16.6 Å².